The number of aromatic nitrogens is 3. The van der Waals surface area contributed by atoms with Crippen LogP contribution >= 0.6 is 0 Å². The first-order chi connectivity index (χ1) is 14.9. The lowest BCUT2D eigenvalue weighted by Gasteiger charge is -2.21. The number of aliphatic hydroxyl groups excluding tert-OH is 1. The molecule has 2 atom stereocenters. The first kappa shape index (κ1) is 19.7. The number of nitrogens with zero attached hydrogens (tertiary/aromatic N) is 4. The van der Waals surface area contributed by atoms with Crippen LogP contribution in [0.2, 0.25) is 0 Å². The Hall–Kier alpha value is -3.30. The number of halogens is 1. The van der Waals surface area contributed by atoms with Crippen LogP contribution in [-0.2, 0) is 6.42 Å². The van der Waals surface area contributed by atoms with Crippen molar-refractivity contribution in [3.63, 3.8) is 0 Å². The Morgan fingerprint density at radius 1 is 1.26 bits per heavy atom. The van der Waals surface area contributed by atoms with E-state index in [1.165, 1.54) is 12.1 Å². The molecule has 4 N–H and O–H groups in total. The number of hydrogen-bond acceptors (Lipinski definition) is 8. The number of nitrogens with two attached hydrogens (primary N) is 1. The average molecular weight is 422 g/mol. The largest absolute Gasteiger partial charge is 0.423 e. The molecule has 2 aliphatic rings. The van der Waals surface area contributed by atoms with E-state index in [2.05, 4.69) is 20.3 Å². The van der Waals surface area contributed by atoms with E-state index in [1.807, 2.05) is 17.9 Å². The molecule has 160 valence electrons. The van der Waals surface area contributed by atoms with Crippen LogP contribution in [0.1, 0.15) is 17.0 Å². The van der Waals surface area contributed by atoms with Gasteiger partial charge in [-0.25, -0.2) is 4.39 Å². The minimum atomic E-state index is -0.669. The zero-order chi connectivity index (χ0) is 21.7. The molecule has 1 fully saturated rings. The second-order valence-electron chi connectivity index (χ2n) is 7.93. The molecule has 1 aliphatic heterocycles. The van der Waals surface area contributed by atoms with Crippen LogP contribution < -0.4 is 20.7 Å². The number of aliphatic hydroxyl groups is 1. The topological polar surface area (TPSA) is 109 Å². The molecule has 31 heavy (non-hydrogen) atoms. The van der Waals surface area contributed by atoms with Crippen molar-refractivity contribution in [3.05, 3.63) is 53.2 Å². The van der Waals surface area contributed by atoms with E-state index < -0.39 is 12.1 Å². The summed E-state index contributed by atoms with van der Waals surface area (Å²) in [6.07, 6.45) is 1.46. The molecular weight excluding hydrogens is 399 g/mol. The summed E-state index contributed by atoms with van der Waals surface area (Å²) >= 11 is 0. The van der Waals surface area contributed by atoms with E-state index in [4.69, 9.17) is 10.5 Å². The quantitative estimate of drug-likeness (QED) is 0.459. The Morgan fingerprint density at radius 2 is 2.10 bits per heavy atom. The van der Waals surface area contributed by atoms with Crippen molar-refractivity contribution in [2.24, 2.45) is 5.73 Å². The molecule has 1 aromatic carbocycles. The van der Waals surface area contributed by atoms with Crippen LogP contribution in [0.3, 0.4) is 0 Å². The van der Waals surface area contributed by atoms with E-state index in [-0.39, 0.29) is 11.8 Å². The van der Waals surface area contributed by atoms with E-state index >= 15 is 0 Å². The number of anilines is 2. The van der Waals surface area contributed by atoms with Gasteiger partial charge in [-0.3, -0.25) is 4.98 Å². The first-order valence-corrected chi connectivity index (χ1v) is 10.1. The normalized spacial score (nSPS) is 19.3. The molecule has 3 heterocycles. The number of aryl methyl sites for hydroxylation is 1. The van der Waals surface area contributed by atoms with Crippen LogP contribution in [0.25, 0.3) is 11.1 Å². The summed E-state index contributed by atoms with van der Waals surface area (Å²) in [5.41, 5.74) is 10.8. The van der Waals surface area contributed by atoms with Crippen molar-refractivity contribution >= 4 is 11.5 Å². The molecule has 0 radical (unpaired) electrons. The molecule has 3 aromatic rings. The smallest absolute Gasteiger partial charge is 0.324 e. The molecule has 0 saturated carbocycles. The van der Waals surface area contributed by atoms with E-state index in [0.717, 1.165) is 28.1 Å². The fraction of sp³-hybridized carbons (Fsp3) is 0.318. The Morgan fingerprint density at radius 3 is 2.77 bits per heavy atom. The second-order valence-corrected chi connectivity index (χ2v) is 7.93. The summed E-state index contributed by atoms with van der Waals surface area (Å²) < 4.78 is 20.2. The minimum absolute atomic E-state index is 0.175. The van der Waals surface area contributed by atoms with Crippen molar-refractivity contribution in [1.29, 1.82) is 0 Å². The third-order valence-corrected chi connectivity index (χ3v) is 5.77. The molecule has 2 aromatic heterocycles. The number of benzene rings is 1. The van der Waals surface area contributed by atoms with Crippen LogP contribution in [-0.4, -0.2) is 52.3 Å². The van der Waals surface area contributed by atoms with Crippen LogP contribution in [0.4, 0.5) is 15.9 Å². The van der Waals surface area contributed by atoms with Crippen LogP contribution in [0.15, 0.2) is 30.5 Å². The number of fused-ring (bicyclic) bond motifs is 3. The fourth-order valence-electron chi connectivity index (χ4n) is 4.20. The van der Waals surface area contributed by atoms with Crippen molar-refractivity contribution in [3.8, 4) is 22.9 Å². The maximum atomic E-state index is 14.3. The molecule has 1 aliphatic carbocycles. The number of nitrogens with one attached hydrogen (secondary N) is 1. The third-order valence-electron chi connectivity index (χ3n) is 5.77. The van der Waals surface area contributed by atoms with E-state index in [0.29, 0.717) is 36.8 Å². The first-order valence-electron chi connectivity index (χ1n) is 10.1. The average Bonchev–Trinajstić information content (AvgIpc) is 3.28. The van der Waals surface area contributed by atoms with Gasteiger partial charge in [-0.05, 0) is 42.3 Å². The third kappa shape index (κ3) is 3.45. The summed E-state index contributed by atoms with van der Waals surface area (Å²) in [7, 11) is 1.76. The molecule has 5 rings (SSSR count). The zero-order valence-electron chi connectivity index (χ0n) is 17.3. The molecule has 1 saturated heterocycles. The summed E-state index contributed by atoms with van der Waals surface area (Å²) in [5, 5.41) is 13.3. The Balaban J connectivity index is 1.63. The molecule has 8 nitrogen and oxygen atoms in total. The van der Waals surface area contributed by atoms with Crippen molar-refractivity contribution in [2.75, 3.05) is 30.4 Å². The second kappa shape index (κ2) is 7.44. The standard InChI is InChI=1S/C22H23FN6O2/c1-11-3-4-13(8-26-11)31-22-27-18-7-14-15(5-12(23)6-17(14)25-2)20(18)21(28-22)29-9-16(24)19(30)10-29/h3-6,8,16,19,25,30H,7,9-10,24H2,1-2H3/t16-,19-/m0/s1. The highest BCUT2D eigenvalue weighted by atomic mass is 19.1. The zero-order valence-corrected chi connectivity index (χ0v) is 17.3. The molecule has 0 unspecified atom stereocenters. The van der Waals surface area contributed by atoms with Gasteiger partial charge in [0.2, 0.25) is 0 Å². The van der Waals surface area contributed by atoms with Gasteiger partial charge < -0.3 is 25.8 Å². The van der Waals surface area contributed by atoms with Crippen LogP contribution in [0.5, 0.6) is 11.8 Å². The Labute approximate surface area is 178 Å². The highest BCUT2D eigenvalue weighted by molar-refractivity contribution is 5.88. The highest BCUT2D eigenvalue weighted by Crippen LogP contribution is 2.45. The van der Waals surface area contributed by atoms with Crippen molar-refractivity contribution in [1.82, 2.24) is 15.0 Å². The number of pyridine rings is 1. The van der Waals surface area contributed by atoms with Gasteiger partial charge in [0.15, 0.2) is 0 Å². The van der Waals surface area contributed by atoms with E-state index in [9.17, 15) is 9.50 Å². The Kier molecular flexibility index (Phi) is 4.71. The summed E-state index contributed by atoms with van der Waals surface area (Å²) in [6, 6.07) is 6.41. The van der Waals surface area contributed by atoms with Crippen molar-refractivity contribution < 1.29 is 14.2 Å². The predicted molar refractivity (Wildman–Crippen MR) is 115 cm³/mol. The van der Waals surface area contributed by atoms with Crippen LogP contribution in [0, 0.1) is 12.7 Å². The molecular formula is C22H23FN6O2. The van der Waals surface area contributed by atoms with Gasteiger partial charge in [0.1, 0.15) is 17.4 Å². The molecule has 0 bridgehead atoms. The van der Waals surface area contributed by atoms with Crippen molar-refractivity contribution in [2.45, 2.75) is 25.5 Å². The molecule has 0 amide bonds. The lowest BCUT2D eigenvalue weighted by atomic mass is 10.0. The van der Waals surface area contributed by atoms with Gasteiger partial charge in [0.25, 0.3) is 0 Å². The van der Waals surface area contributed by atoms with E-state index in [1.54, 1.807) is 19.3 Å². The summed E-state index contributed by atoms with van der Waals surface area (Å²) in [4.78, 5) is 15.4. The van der Waals surface area contributed by atoms with Gasteiger partial charge in [-0.15, -0.1) is 0 Å². The number of hydrogen-bond donors (Lipinski definition) is 3. The maximum Gasteiger partial charge on any atom is 0.324 e. The monoisotopic (exact) mass is 422 g/mol. The number of β-amino-alcohol motifs (C(OH)–C–C–N with tert-alkyl or cyclic N) is 1. The van der Waals surface area contributed by atoms with Gasteiger partial charge in [-0.2, -0.15) is 9.97 Å². The minimum Gasteiger partial charge on any atom is -0.423 e. The predicted octanol–water partition coefficient (Wildman–Crippen LogP) is 2.23. The number of rotatable bonds is 4. The molecule has 9 heteroatoms. The SMILES string of the molecule is CNc1cc(F)cc2c1Cc1nc(Oc3ccc(C)nc3)nc(N3C[C@H](N)[C@@H](O)C3)c1-2. The highest BCUT2D eigenvalue weighted by Gasteiger charge is 2.35. The Bertz CT molecular complexity index is 1140. The summed E-state index contributed by atoms with van der Waals surface area (Å²) in [5.74, 6) is 0.761. The van der Waals surface area contributed by atoms with Gasteiger partial charge in [-0.1, -0.05) is 0 Å². The lowest BCUT2D eigenvalue weighted by Crippen LogP contribution is -2.32. The van der Waals surface area contributed by atoms with Gasteiger partial charge in [0, 0.05) is 49.5 Å². The molecule has 0 spiro atoms. The number of ether oxygens (including phenoxy) is 1. The fourth-order valence-corrected chi connectivity index (χ4v) is 4.20. The maximum absolute atomic E-state index is 14.3. The van der Waals surface area contributed by atoms with Gasteiger partial charge in [0.05, 0.1) is 18.0 Å². The summed E-state index contributed by atoms with van der Waals surface area (Å²) in [6.45, 7) is 2.66. The van der Waals surface area contributed by atoms with Gasteiger partial charge >= 0.3 is 6.01 Å². The lowest BCUT2D eigenvalue weighted by molar-refractivity contribution is 0.180.